The summed E-state index contributed by atoms with van der Waals surface area (Å²) in [5, 5.41) is 4.98. The van der Waals surface area contributed by atoms with Crippen LogP contribution in [0, 0.1) is 6.92 Å². The molecule has 5 nitrogen and oxygen atoms in total. The Morgan fingerprint density at radius 2 is 2.15 bits per heavy atom. The average molecular weight is 268 g/mol. The summed E-state index contributed by atoms with van der Waals surface area (Å²) in [6, 6.07) is 9.70. The molecule has 0 saturated carbocycles. The predicted molar refractivity (Wildman–Crippen MR) is 79.5 cm³/mol. The first-order valence-electron chi connectivity index (χ1n) is 6.41. The fourth-order valence-corrected chi connectivity index (χ4v) is 2.31. The number of aryl methyl sites for hydroxylation is 1. The Morgan fingerprint density at radius 3 is 2.90 bits per heavy atom. The number of hydrogen-bond acceptors (Lipinski definition) is 5. The highest BCUT2D eigenvalue weighted by Crippen LogP contribution is 2.29. The molecule has 0 saturated heterocycles. The van der Waals surface area contributed by atoms with Gasteiger partial charge in [0.15, 0.2) is 0 Å². The number of hydrogen-bond donors (Lipinski definition) is 1. The van der Waals surface area contributed by atoms with Gasteiger partial charge in [0.1, 0.15) is 11.5 Å². The van der Waals surface area contributed by atoms with Gasteiger partial charge in [0.25, 0.3) is 0 Å². The van der Waals surface area contributed by atoms with Crippen molar-refractivity contribution in [2.75, 3.05) is 17.7 Å². The van der Waals surface area contributed by atoms with Gasteiger partial charge in [-0.3, -0.25) is 4.98 Å². The zero-order valence-corrected chi connectivity index (χ0v) is 11.5. The molecule has 0 amide bonds. The summed E-state index contributed by atoms with van der Waals surface area (Å²) in [5.41, 5.74) is 9.55. The second-order valence-electron chi connectivity index (χ2n) is 4.86. The van der Waals surface area contributed by atoms with E-state index in [9.17, 15) is 0 Å². The average Bonchev–Trinajstić information content (AvgIpc) is 2.84. The van der Waals surface area contributed by atoms with Crippen LogP contribution in [0.25, 0.3) is 10.9 Å². The molecule has 0 unspecified atom stereocenters. The summed E-state index contributed by atoms with van der Waals surface area (Å²) in [6.45, 7) is 2.55. The van der Waals surface area contributed by atoms with Crippen molar-refractivity contribution in [3.8, 4) is 0 Å². The normalized spacial score (nSPS) is 10.9. The van der Waals surface area contributed by atoms with Crippen molar-refractivity contribution in [3.63, 3.8) is 0 Å². The summed E-state index contributed by atoms with van der Waals surface area (Å²) in [6.07, 6.45) is 1.78. The number of aromatic nitrogens is 2. The summed E-state index contributed by atoms with van der Waals surface area (Å²) in [7, 11) is 2.00. The van der Waals surface area contributed by atoms with Crippen LogP contribution >= 0.6 is 0 Å². The van der Waals surface area contributed by atoms with E-state index in [4.69, 9.17) is 10.3 Å². The number of nitrogens with two attached hydrogens (primary N) is 1. The predicted octanol–water partition coefficient (Wildman–Crippen LogP) is 2.75. The van der Waals surface area contributed by atoms with Crippen molar-refractivity contribution < 1.29 is 4.52 Å². The standard InChI is InChI=1S/C15H16N4O/c1-10-8-11(18-20-10)9-19(2)14-6-5-13(16)12-4-3-7-17-15(12)14/h3-8H,9,16H2,1-2H3. The molecule has 2 aromatic heterocycles. The molecule has 0 aliphatic rings. The first-order chi connectivity index (χ1) is 9.65. The molecule has 0 spiro atoms. The molecule has 3 rings (SSSR count). The highest BCUT2D eigenvalue weighted by atomic mass is 16.5. The van der Waals surface area contributed by atoms with E-state index in [0.29, 0.717) is 6.54 Å². The van der Waals surface area contributed by atoms with Crippen molar-refractivity contribution >= 4 is 22.3 Å². The van der Waals surface area contributed by atoms with Crippen LogP contribution in [0.1, 0.15) is 11.5 Å². The first kappa shape index (κ1) is 12.5. The minimum absolute atomic E-state index is 0.660. The summed E-state index contributed by atoms with van der Waals surface area (Å²) < 4.78 is 5.10. The summed E-state index contributed by atoms with van der Waals surface area (Å²) >= 11 is 0. The third-order valence-corrected chi connectivity index (χ3v) is 3.27. The third kappa shape index (κ3) is 2.18. The number of rotatable bonds is 3. The maximum atomic E-state index is 6.00. The topological polar surface area (TPSA) is 68.2 Å². The van der Waals surface area contributed by atoms with Crippen LogP contribution in [0.5, 0.6) is 0 Å². The van der Waals surface area contributed by atoms with Gasteiger partial charge in [-0.15, -0.1) is 0 Å². The molecular weight excluding hydrogens is 252 g/mol. The number of pyridine rings is 1. The zero-order valence-electron chi connectivity index (χ0n) is 11.5. The van der Waals surface area contributed by atoms with E-state index in [0.717, 1.165) is 33.7 Å². The van der Waals surface area contributed by atoms with E-state index in [1.54, 1.807) is 6.20 Å². The molecule has 0 fully saturated rings. The Bertz CT molecular complexity index is 750. The Morgan fingerprint density at radius 1 is 1.30 bits per heavy atom. The molecule has 2 N–H and O–H groups in total. The second kappa shape index (κ2) is 4.85. The Kier molecular flexibility index (Phi) is 3.02. The number of anilines is 2. The molecule has 102 valence electrons. The fourth-order valence-electron chi connectivity index (χ4n) is 2.31. The SMILES string of the molecule is Cc1cc(CN(C)c2ccc(N)c3cccnc23)no1. The fraction of sp³-hybridized carbons (Fsp3) is 0.200. The second-order valence-corrected chi connectivity index (χ2v) is 4.86. The third-order valence-electron chi connectivity index (χ3n) is 3.27. The van der Waals surface area contributed by atoms with E-state index in [1.165, 1.54) is 0 Å². The number of nitrogen functional groups attached to an aromatic ring is 1. The van der Waals surface area contributed by atoms with Crippen LogP contribution in [-0.4, -0.2) is 17.2 Å². The highest BCUT2D eigenvalue weighted by molar-refractivity contribution is 5.98. The van der Waals surface area contributed by atoms with Crippen molar-refractivity contribution in [2.45, 2.75) is 13.5 Å². The lowest BCUT2D eigenvalue weighted by atomic mass is 10.1. The van der Waals surface area contributed by atoms with Gasteiger partial charge in [0.05, 0.1) is 17.7 Å². The van der Waals surface area contributed by atoms with Crippen LogP contribution in [-0.2, 0) is 6.54 Å². The van der Waals surface area contributed by atoms with E-state index in [-0.39, 0.29) is 0 Å². The minimum atomic E-state index is 0.660. The van der Waals surface area contributed by atoms with Gasteiger partial charge >= 0.3 is 0 Å². The number of fused-ring (bicyclic) bond motifs is 1. The zero-order chi connectivity index (χ0) is 14.1. The summed E-state index contributed by atoms with van der Waals surface area (Å²) in [5.74, 6) is 0.814. The van der Waals surface area contributed by atoms with Crippen LogP contribution in [0.3, 0.4) is 0 Å². The van der Waals surface area contributed by atoms with Crippen LogP contribution in [0.2, 0.25) is 0 Å². The smallest absolute Gasteiger partial charge is 0.133 e. The first-order valence-corrected chi connectivity index (χ1v) is 6.41. The molecule has 1 aromatic carbocycles. The van der Waals surface area contributed by atoms with E-state index in [2.05, 4.69) is 15.0 Å². The minimum Gasteiger partial charge on any atom is -0.398 e. The van der Waals surface area contributed by atoms with Gasteiger partial charge in [0, 0.05) is 30.4 Å². The van der Waals surface area contributed by atoms with Crippen LogP contribution in [0.4, 0.5) is 11.4 Å². The molecule has 0 atom stereocenters. The molecule has 5 heteroatoms. The monoisotopic (exact) mass is 268 g/mol. The lowest BCUT2D eigenvalue weighted by molar-refractivity contribution is 0.390. The Labute approximate surface area is 117 Å². The maximum Gasteiger partial charge on any atom is 0.133 e. The van der Waals surface area contributed by atoms with E-state index >= 15 is 0 Å². The molecular formula is C15H16N4O. The molecule has 20 heavy (non-hydrogen) atoms. The van der Waals surface area contributed by atoms with Crippen molar-refractivity contribution in [3.05, 3.63) is 48.0 Å². The van der Waals surface area contributed by atoms with Crippen LogP contribution in [0.15, 0.2) is 41.1 Å². The summed E-state index contributed by atoms with van der Waals surface area (Å²) in [4.78, 5) is 6.53. The van der Waals surface area contributed by atoms with Gasteiger partial charge in [-0.25, -0.2) is 0 Å². The van der Waals surface area contributed by atoms with Gasteiger partial charge in [-0.05, 0) is 31.2 Å². The van der Waals surface area contributed by atoms with Crippen molar-refractivity contribution in [1.29, 1.82) is 0 Å². The quantitative estimate of drug-likeness (QED) is 0.740. The van der Waals surface area contributed by atoms with Crippen molar-refractivity contribution in [2.24, 2.45) is 0 Å². The number of benzene rings is 1. The lowest BCUT2D eigenvalue weighted by Crippen LogP contribution is -2.17. The maximum absolute atomic E-state index is 6.00. The van der Waals surface area contributed by atoms with Crippen LogP contribution < -0.4 is 10.6 Å². The van der Waals surface area contributed by atoms with E-state index < -0.39 is 0 Å². The van der Waals surface area contributed by atoms with Gasteiger partial charge in [-0.1, -0.05) is 5.16 Å². The molecule has 0 bridgehead atoms. The largest absolute Gasteiger partial charge is 0.398 e. The number of nitrogens with zero attached hydrogens (tertiary/aromatic N) is 3. The van der Waals surface area contributed by atoms with Gasteiger partial charge in [0.2, 0.25) is 0 Å². The highest BCUT2D eigenvalue weighted by Gasteiger charge is 2.11. The molecule has 0 radical (unpaired) electrons. The van der Waals surface area contributed by atoms with E-state index in [1.807, 2.05) is 44.3 Å². The lowest BCUT2D eigenvalue weighted by Gasteiger charge is -2.19. The van der Waals surface area contributed by atoms with Crippen molar-refractivity contribution in [1.82, 2.24) is 10.1 Å². The molecule has 2 heterocycles. The Hall–Kier alpha value is -2.56. The van der Waals surface area contributed by atoms with Gasteiger partial charge in [-0.2, -0.15) is 0 Å². The van der Waals surface area contributed by atoms with Gasteiger partial charge < -0.3 is 15.2 Å². The molecule has 0 aliphatic heterocycles. The molecule has 0 aliphatic carbocycles. The molecule has 3 aromatic rings. The Balaban J connectivity index is 1.99.